The summed E-state index contributed by atoms with van der Waals surface area (Å²) in [6.45, 7) is 0. The lowest BCUT2D eigenvalue weighted by Crippen LogP contribution is -2.40. The molecule has 0 heterocycles. The molecule has 16 heteroatoms. The number of benzene rings is 1. The van der Waals surface area contributed by atoms with Crippen LogP contribution in [0.25, 0.3) is 0 Å². The van der Waals surface area contributed by atoms with Gasteiger partial charge in [0.15, 0.2) is 0 Å². The van der Waals surface area contributed by atoms with E-state index in [2.05, 4.69) is 0 Å². The maximum atomic E-state index is 12.7. The zero-order chi connectivity index (χ0) is 20.1. The Morgan fingerprint density at radius 2 is 1.24 bits per heavy atom. The Bertz CT molecular complexity index is 866. The largest absolute Gasteiger partial charge is 0.512 e. The molecule has 144 valence electrons. The van der Waals surface area contributed by atoms with E-state index < -0.39 is 60.0 Å². The molecule has 25 heavy (non-hydrogen) atoms. The van der Waals surface area contributed by atoms with Crippen LogP contribution < -0.4 is 4.13 Å². The van der Waals surface area contributed by atoms with Crippen molar-refractivity contribution in [3.63, 3.8) is 0 Å². The number of hydrogen-bond donors (Lipinski definition) is 1. The predicted molar refractivity (Wildman–Crippen MR) is 61.7 cm³/mol. The third-order valence-electron chi connectivity index (χ3n) is 2.43. The van der Waals surface area contributed by atoms with Crippen molar-refractivity contribution in [2.45, 2.75) is 22.8 Å². The molecule has 0 saturated heterocycles. The van der Waals surface area contributed by atoms with E-state index in [4.69, 9.17) is 0 Å². The summed E-state index contributed by atoms with van der Waals surface area (Å²) >= 11 is 0. The Morgan fingerprint density at radius 3 is 1.60 bits per heavy atom. The molecule has 0 aliphatic rings. The fourth-order valence-corrected chi connectivity index (χ4v) is 4.04. The van der Waals surface area contributed by atoms with Crippen LogP contribution in [0.15, 0.2) is 23.1 Å². The Kier molecular flexibility index (Phi) is 5.17. The van der Waals surface area contributed by atoms with Crippen LogP contribution in [0.3, 0.4) is 0 Å². The quantitative estimate of drug-likeness (QED) is 0.756. The van der Waals surface area contributed by atoms with E-state index in [1.54, 1.807) is 0 Å². The van der Waals surface area contributed by atoms with Crippen LogP contribution in [0.4, 0.5) is 39.5 Å². The van der Waals surface area contributed by atoms with Crippen LogP contribution in [0, 0.1) is 0 Å². The monoisotopic (exact) mass is 425 g/mol. The smallest absolute Gasteiger partial charge is 0.206 e. The van der Waals surface area contributed by atoms with Crippen molar-refractivity contribution in [2.24, 2.45) is 0 Å². The third kappa shape index (κ3) is 4.75. The van der Waals surface area contributed by atoms with Gasteiger partial charge in [0, 0.05) is 0 Å². The van der Waals surface area contributed by atoms with Crippen LogP contribution in [-0.2, 0) is 32.4 Å². The normalized spacial score (nSPS) is 14.6. The molecular formula is C9H4F9NO4S2. The van der Waals surface area contributed by atoms with E-state index in [0.717, 1.165) is 0 Å². The number of nitrogens with one attached hydrogen (secondary N) is 1. The van der Waals surface area contributed by atoms with Gasteiger partial charge in [0.25, 0.3) is 10.0 Å². The lowest BCUT2D eigenvalue weighted by molar-refractivity contribution is -0.143. The molecule has 0 aliphatic carbocycles. The Labute approximate surface area is 133 Å². The average Bonchev–Trinajstić information content (AvgIpc) is 2.33. The van der Waals surface area contributed by atoms with Crippen LogP contribution in [0.5, 0.6) is 0 Å². The second-order valence-corrected chi connectivity index (χ2v) is 7.83. The van der Waals surface area contributed by atoms with Crippen LogP contribution in [-0.4, -0.2) is 22.3 Å². The zero-order valence-corrected chi connectivity index (χ0v) is 12.7. The first kappa shape index (κ1) is 21.5. The molecule has 1 aromatic carbocycles. The minimum absolute atomic E-state index is 0.0679. The van der Waals surface area contributed by atoms with Gasteiger partial charge in [-0.1, -0.05) is 4.13 Å². The number of halogens is 9. The first-order valence-electron chi connectivity index (χ1n) is 5.42. The van der Waals surface area contributed by atoms with Crippen molar-refractivity contribution in [2.75, 3.05) is 0 Å². The van der Waals surface area contributed by atoms with Crippen molar-refractivity contribution in [3.8, 4) is 0 Å². The van der Waals surface area contributed by atoms with Gasteiger partial charge < -0.3 is 0 Å². The summed E-state index contributed by atoms with van der Waals surface area (Å²) in [6.07, 6.45) is -11.0. The van der Waals surface area contributed by atoms with Crippen LogP contribution >= 0.6 is 0 Å². The molecule has 5 nitrogen and oxygen atoms in total. The molecule has 0 radical (unpaired) electrons. The van der Waals surface area contributed by atoms with Gasteiger partial charge in [0.1, 0.15) is 0 Å². The van der Waals surface area contributed by atoms with Gasteiger partial charge in [0.2, 0.25) is 0 Å². The highest BCUT2D eigenvalue weighted by Crippen LogP contribution is 2.38. The van der Waals surface area contributed by atoms with Gasteiger partial charge >= 0.3 is 27.9 Å². The molecule has 0 aromatic heterocycles. The van der Waals surface area contributed by atoms with Gasteiger partial charge in [-0.15, -0.1) is 0 Å². The molecule has 0 unspecified atom stereocenters. The van der Waals surface area contributed by atoms with Crippen LogP contribution in [0.1, 0.15) is 11.1 Å². The van der Waals surface area contributed by atoms with Crippen molar-refractivity contribution < 1.29 is 56.3 Å². The summed E-state index contributed by atoms with van der Waals surface area (Å²) in [6, 6.07) is -1.14. The molecule has 0 spiro atoms. The summed E-state index contributed by atoms with van der Waals surface area (Å²) in [7, 11) is -12.9. The molecule has 1 aromatic rings. The third-order valence-corrected chi connectivity index (χ3v) is 5.71. The molecule has 0 saturated carbocycles. The summed E-state index contributed by atoms with van der Waals surface area (Å²) in [5.74, 6) is 0. The van der Waals surface area contributed by atoms with E-state index >= 15 is 0 Å². The molecule has 1 rings (SSSR count). The Morgan fingerprint density at radius 1 is 0.760 bits per heavy atom. The highest BCUT2D eigenvalue weighted by molar-refractivity contribution is 8.05. The molecule has 0 atom stereocenters. The molecule has 0 bridgehead atoms. The maximum Gasteiger partial charge on any atom is 0.512 e. The van der Waals surface area contributed by atoms with Gasteiger partial charge in [-0.3, -0.25) is 0 Å². The molecule has 0 amide bonds. The van der Waals surface area contributed by atoms with Crippen LogP contribution in [0.2, 0.25) is 0 Å². The summed E-state index contributed by atoms with van der Waals surface area (Å²) in [5, 5.41) is 0. The number of rotatable bonds is 3. The van der Waals surface area contributed by atoms with Crippen molar-refractivity contribution >= 4 is 20.0 Å². The van der Waals surface area contributed by atoms with E-state index in [0.29, 0.717) is 0 Å². The first-order valence-corrected chi connectivity index (χ1v) is 8.39. The fourth-order valence-electron chi connectivity index (χ4n) is 1.39. The van der Waals surface area contributed by atoms with Gasteiger partial charge in [-0.05, 0) is 18.2 Å². The van der Waals surface area contributed by atoms with E-state index in [-0.39, 0.29) is 16.3 Å². The van der Waals surface area contributed by atoms with Gasteiger partial charge in [-0.2, -0.15) is 39.5 Å². The minimum Gasteiger partial charge on any atom is -0.206 e. The first-order chi connectivity index (χ1) is 10.8. The number of sulfonamides is 2. The van der Waals surface area contributed by atoms with Crippen molar-refractivity contribution in [3.05, 3.63) is 29.3 Å². The number of hydrogen-bond acceptors (Lipinski definition) is 4. The summed E-state index contributed by atoms with van der Waals surface area (Å²) in [5.41, 5.74) is -10.5. The van der Waals surface area contributed by atoms with Crippen molar-refractivity contribution in [1.82, 2.24) is 4.13 Å². The van der Waals surface area contributed by atoms with Gasteiger partial charge in [-0.25, -0.2) is 16.8 Å². The second kappa shape index (κ2) is 6.01. The second-order valence-electron chi connectivity index (χ2n) is 4.24. The van der Waals surface area contributed by atoms with Gasteiger partial charge in [0.05, 0.1) is 16.0 Å². The minimum atomic E-state index is -6.70. The lowest BCUT2D eigenvalue weighted by Gasteiger charge is -2.17. The summed E-state index contributed by atoms with van der Waals surface area (Å²) < 4.78 is 157. The maximum absolute atomic E-state index is 12.7. The van der Waals surface area contributed by atoms with Crippen molar-refractivity contribution in [1.29, 1.82) is 0 Å². The number of alkyl halides is 9. The topological polar surface area (TPSA) is 80.3 Å². The zero-order valence-electron chi connectivity index (χ0n) is 11.1. The molecular weight excluding hydrogens is 421 g/mol. The SMILES string of the molecule is O=S(=O)(NS(=O)(=O)C(F)(F)F)c1cc(C(F)(F)F)ccc1C(F)(F)F. The van der Waals surface area contributed by atoms with E-state index in [9.17, 15) is 56.3 Å². The highest BCUT2D eigenvalue weighted by atomic mass is 32.3. The average molecular weight is 425 g/mol. The standard InChI is InChI=1S/C9H4F9NO4S2/c10-7(11,12)4-1-2-5(8(13,14)15)6(3-4)24(20,21)19-25(22,23)9(16,17)18/h1-3,19H. The van der Waals surface area contributed by atoms with E-state index in [1.165, 1.54) is 0 Å². The summed E-state index contributed by atoms with van der Waals surface area (Å²) in [4.78, 5) is -2.33. The lowest BCUT2D eigenvalue weighted by atomic mass is 10.1. The Hall–Kier alpha value is -1.55. The predicted octanol–water partition coefficient (Wildman–Crippen LogP) is 2.85. The fraction of sp³-hybridized carbons (Fsp3) is 0.333. The molecule has 0 fully saturated rings. The molecule has 1 N–H and O–H groups in total. The highest BCUT2D eigenvalue weighted by Gasteiger charge is 2.50. The molecule has 0 aliphatic heterocycles. The Balaban J connectivity index is 3.68. The van der Waals surface area contributed by atoms with E-state index in [1.807, 2.05) is 0 Å².